The highest BCUT2D eigenvalue weighted by Gasteiger charge is 2.31. The lowest BCUT2D eigenvalue weighted by atomic mass is 10.1. The van der Waals surface area contributed by atoms with Crippen molar-refractivity contribution in [1.29, 1.82) is 0 Å². The summed E-state index contributed by atoms with van der Waals surface area (Å²) >= 11 is 0. The fourth-order valence-electron chi connectivity index (χ4n) is 2.87. The molecule has 4 rings (SSSR count). The summed E-state index contributed by atoms with van der Waals surface area (Å²) in [6.45, 7) is 3.35. The van der Waals surface area contributed by atoms with Crippen LogP contribution >= 0.6 is 0 Å². The number of hydrogen-bond donors (Lipinski definition) is 0. The quantitative estimate of drug-likeness (QED) is 0.836. The molecule has 1 unspecified atom stereocenters. The average molecular weight is 327 g/mol. The Kier molecular flexibility index (Phi) is 3.78. The van der Waals surface area contributed by atoms with E-state index in [4.69, 9.17) is 13.9 Å². The van der Waals surface area contributed by atoms with E-state index < -0.39 is 0 Å². The number of carbonyl (C=O) groups is 1. The number of amides is 1. The van der Waals surface area contributed by atoms with Gasteiger partial charge in [-0.3, -0.25) is 4.79 Å². The monoisotopic (exact) mass is 327 g/mol. The Bertz CT molecular complexity index is 799. The summed E-state index contributed by atoms with van der Waals surface area (Å²) in [6.07, 6.45) is 1.50. The Morgan fingerprint density at radius 1 is 1.29 bits per heavy atom. The zero-order valence-electron chi connectivity index (χ0n) is 13.3. The molecule has 0 bridgehead atoms. The fraction of sp³-hybridized carbons (Fsp3) is 0.353. The number of ether oxygens (including phenoxy) is 2. The van der Waals surface area contributed by atoms with Crippen molar-refractivity contribution >= 4 is 12.0 Å². The van der Waals surface area contributed by atoms with Gasteiger partial charge < -0.3 is 18.8 Å². The molecule has 0 radical (unpaired) electrons. The predicted molar refractivity (Wildman–Crippen MR) is 84.2 cm³/mol. The standard InChI is InChI=1S/C17H17N3O4/c1-11-18-19-16(24-11)15-9-20(6-7-22-15)17(21)13-8-12-4-2-3-5-14(12)23-10-13/h2-5,8,15H,6-7,9-10H2,1H3. The van der Waals surface area contributed by atoms with E-state index in [0.29, 0.717) is 37.1 Å². The lowest BCUT2D eigenvalue weighted by Gasteiger charge is -2.32. The molecule has 0 saturated carbocycles. The fourth-order valence-corrected chi connectivity index (χ4v) is 2.87. The van der Waals surface area contributed by atoms with E-state index in [1.165, 1.54) is 0 Å². The Morgan fingerprint density at radius 2 is 2.17 bits per heavy atom. The highest BCUT2D eigenvalue weighted by molar-refractivity contribution is 5.99. The normalized spacial score (nSPS) is 20.1. The maximum absolute atomic E-state index is 12.8. The largest absolute Gasteiger partial charge is 0.488 e. The lowest BCUT2D eigenvalue weighted by molar-refractivity contribution is -0.136. The van der Waals surface area contributed by atoms with Crippen molar-refractivity contribution in [2.75, 3.05) is 26.3 Å². The molecule has 2 aromatic rings. The Balaban J connectivity index is 1.51. The molecule has 1 amide bonds. The highest BCUT2D eigenvalue weighted by atomic mass is 16.5. The Morgan fingerprint density at radius 3 is 3.00 bits per heavy atom. The molecule has 1 fully saturated rings. The zero-order valence-corrected chi connectivity index (χ0v) is 13.3. The van der Waals surface area contributed by atoms with E-state index in [2.05, 4.69) is 10.2 Å². The van der Waals surface area contributed by atoms with Crippen molar-refractivity contribution < 1.29 is 18.7 Å². The van der Waals surface area contributed by atoms with E-state index in [1.807, 2.05) is 30.3 Å². The van der Waals surface area contributed by atoms with Crippen LogP contribution in [0, 0.1) is 6.92 Å². The van der Waals surface area contributed by atoms with Crippen molar-refractivity contribution in [2.24, 2.45) is 0 Å². The second-order valence-electron chi connectivity index (χ2n) is 5.77. The van der Waals surface area contributed by atoms with E-state index >= 15 is 0 Å². The summed E-state index contributed by atoms with van der Waals surface area (Å²) in [5, 5.41) is 7.80. The Hall–Kier alpha value is -2.67. The van der Waals surface area contributed by atoms with Crippen LogP contribution in [0.3, 0.4) is 0 Å². The van der Waals surface area contributed by atoms with Gasteiger partial charge in [0.1, 0.15) is 12.4 Å². The third kappa shape index (κ3) is 2.78. The molecule has 7 nitrogen and oxygen atoms in total. The van der Waals surface area contributed by atoms with Crippen molar-refractivity contribution in [3.8, 4) is 5.75 Å². The van der Waals surface area contributed by atoms with Gasteiger partial charge in [-0.1, -0.05) is 18.2 Å². The van der Waals surface area contributed by atoms with Crippen LogP contribution in [0.25, 0.3) is 6.08 Å². The number of benzene rings is 1. The highest BCUT2D eigenvalue weighted by Crippen LogP contribution is 2.28. The van der Waals surface area contributed by atoms with Gasteiger partial charge in [0.15, 0.2) is 6.10 Å². The van der Waals surface area contributed by atoms with Crippen LogP contribution in [-0.4, -0.2) is 47.3 Å². The third-order valence-electron chi connectivity index (χ3n) is 4.08. The van der Waals surface area contributed by atoms with E-state index in [1.54, 1.807) is 11.8 Å². The van der Waals surface area contributed by atoms with Gasteiger partial charge >= 0.3 is 0 Å². The first-order valence-corrected chi connectivity index (χ1v) is 7.84. The number of nitrogens with zero attached hydrogens (tertiary/aromatic N) is 3. The molecule has 124 valence electrons. The molecule has 3 heterocycles. The first-order chi connectivity index (χ1) is 11.7. The number of para-hydroxylation sites is 1. The molecule has 1 aromatic carbocycles. The van der Waals surface area contributed by atoms with Crippen molar-refractivity contribution in [1.82, 2.24) is 15.1 Å². The molecular formula is C17H17N3O4. The number of carbonyl (C=O) groups excluding carboxylic acids is 1. The minimum absolute atomic E-state index is 0.0472. The van der Waals surface area contributed by atoms with Gasteiger partial charge in [-0.05, 0) is 12.1 Å². The van der Waals surface area contributed by atoms with Gasteiger partial charge in [0, 0.05) is 19.0 Å². The van der Waals surface area contributed by atoms with Gasteiger partial charge in [0.05, 0.1) is 18.7 Å². The van der Waals surface area contributed by atoms with Crippen LogP contribution in [0.15, 0.2) is 34.3 Å². The molecule has 0 N–H and O–H groups in total. The molecule has 2 aliphatic heterocycles. The van der Waals surface area contributed by atoms with Crippen molar-refractivity contribution in [3.63, 3.8) is 0 Å². The molecule has 1 saturated heterocycles. The van der Waals surface area contributed by atoms with Gasteiger partial charge in [0.25, 0.3) is 5.91 Å². The van der Waals surface area contributed by atoms with Gasteiger partial charge in [-0.2, -0.15) is 0 Å². The maximum Gasteiger partial charge on any atom is 0.253 e. The average Bonchev–Trinajstić information content (AvgIpc) is 3.07. The second kappa shape index (κ2) is 6.09. The number of hydrogen-bond acceptors (Lipinski definition) is 6. The number of aromatic nitrogens is 2. The van der Waals surface area contributed by atoms with Crippen LogP contribution in [0.4, 0.5) is 0 Å². The van der Waals surface area contributed by atoms with E-state index in [-0.39, 0.29) is 18.6 Å². The second-order valence-corrected chi connectivity index (χ2v) is 5.77. The van der Waals surface area contributed by atoms with Crippen LogP contribution in [-0.2, 0) is 9.53 Å². The maximum atomic E-state index is 12.8. The minimum Gasteiger partial charge on any atom is -0.488 e. The molecule has 7 heteroatoms. The van der Waals surface area contributed by atoms with Crippen molar-refractivity contribution in [3.05, 3.63) is 47.2 Å². The summed E-state index contributed by atoms with van der Waals surface area (Å²) < 4.78 is 16.8. The van der Waals surface area contributed by atoms with Crippen LogP contribution in [0.2, 0.25) is 0 Å². The molecule has 0 spiro atoms. The number of rotatable bonds is 2. The molecule has 1 aromatic heterocycles. The summed E-state index contributed by atoms with van der Waals surface area (Å²) in [5.74, 6) is 1.64. The summed E-state index contributed by atoms with van der Waals surface area (Å²) in [6, 6.07) is 7.67. The van der Waals surface area contributed by atoms with Gasteiger partial charge in [-0.15, -0.1) is 10.2 Å². The first-order valence-electron chi connectivity index (χ1n) is 7.84. The molecule has 0 aliphatic carbocycles. The Labute approximate surface area is 138 Å². The summed E-state index contributed by atoms with van der Waals surface area (Å²) in [4.78, 5) is 14.5. The predicted octanol–water partition coefficient (Wildman–Crippen LogP) is 1.75. The summed E-state index contributed by atoms with van der Waals surface area (Å²) in [7, 11) is 0. The SMILES string of the molecule is Cc1nnc(C2CN(C(=O)C3=Cc4ccccc4OC3)CCO2)o1. The van der Waals surface area contributed by atoms with E-state index in [9.17, 15) is 4.79 Å². The topological polar surface area (TPSA) is 77.7 Å². The molecular weight excluding hydrogens is 310 g/mol. The third-order valence-corrected chi connectivity index (χ3v) is 4.08. The van der Waals surface area contributed by atoms with E-state index in [0.717, 1.165) is 11.3 Å². The molecule has 24 heavy (non-hydrogen) atoms. The van der Waals surface area contributed by atoms with Crippen LogP contribution in [0.5, 0.6) is 5.75 Å². The van der Waals surface area contributed by atoms with Gasteiger partial charge in [-0.25, -0.2) is 0 Å². The molecule has 1 atom stereocenters. The van der Waals surface area contributed by atoms with Gasteiger partial charge in [0.2, 0.25) is 11.8 Å². The number of fused-ring (bicyclic) bond motifs is 1. The summed E-state index contributed by atoms with van der Waals surface area (Å²) in [5.41, 5.74) is 1.56. The number of aryl methyl sites for hydroxylation is 1. The van der Waals surface area contributed by atoms with Crippen molar-refractivity contribution in [2.45, 2.75) is 13.0 Å². The zero-order chi connectivity index (χ0) is 16.5. The smallest absolute Gasteiger partial charge is 0.253 e. The van der Waals surface area contributed by atoms with Crippen LogP contribution < -0.4 is 4.74 Å². The lowest BCUT2D eigenvalue weighted by Crippen LogP contribution is -2.43. The number of morpholine rings is 1. The first kappa shape index (κ1) is 14.9. The minimum atomic E-state index is -0.388. The molecule has 2 aliphatic rings. The van der Waals surface area contributed by atoms with Crippen LogP contribution in [0.1, 0.15) is 23.4 Å².